The lowest BCUT2D eigenvalue weighted by atomic mass is 9.58. The second kappa shape index (κ2) is 8.88. The quantitative estimate of drug-likeness (QED) is 0.205. The number of rotatable bonds is 5. The van der Waals surface area contributed by atoms with Crippen LogP contribution in [-0.4, -0.2) is 0 Å². The molecule has 0 fully saturated rings. The maximum Gasteiger partial charge on any atom is 0.256 e. The fourth-order valence-electron chi connectivity index (χ4n) is 8.50. The summed E-state index contributed by atoms with van der Waals surface area (Å²) in [6.07, 6.45) is 7.70. The number of benzene rings is 3. The van der Waals surface area contributed by atoms with Gasteiger partial charge in [-0.25, -0.2) is 0 Å². The highest BCUT2D eigenvalue weighted by atomic mass is 16.3. The van der Waals surface area contributed by atoms with E-state index in [-0.39, 0.29) is 11.0 Å². The summed E-state index contributed by atoms with van der Waals surface area (Å²) >= 11 is 0. The van der Waals surface area contributed by atoms with Crippen LogP contribution in [0, 0.1) is 0 Å². The van der Waals surface area contributed by atoms with Crippen molar-refractivity contribution in [3.05, 3.63) is 120 Å². The van der Waals surface area contributed by atoms with E-state index < -0.39 is 0 Å². The average Bonchev–Trinajstić information content (AvgIpc) is 3.57. The third-order valence-electron chi connectivity index (χ3n) is 10.5. The number of pyridine rings is 2. The third-order valence-corrected chi connectivity index (χ3v) is 10.5. The summed E-state index contributed by atoms with van der Waals surface area (Å²) in [5.41, 5.74) is 11.6. The van der Waals surface area contributed by atoms with Crippen LogP contribution in [0.25, 0.3) is 44.5 Å². The molecule has 2 unspecified atom stereocenters. The van der Waals surface area contributed by atoms with Gasteiger partial charge in [-0.1, -0.05) is 61.5 Å². The molecule has 6 aromatic rings. The van der Waals surface area contributed by atoms with E-state index in [1.165, 1.54) is 50.8 Å². The van der Waals surface area contributed by atoms with E-state index in [0.717, 1.165) is 42.5 Å². The van der Waals surface area contributed by atoms with Crippen LogP contribution in [0.4, 0.5) is 0 Å². The monoisotopic (exact) mass is 536 g/mol. The summed E-state index contributed by atoms with van der Waals surface area (Å²) in [5.74, 6) is 0. The Hall–Kier alpha value is -4.24. The van der Waals surface area contributed by atoms with Crippen LogP contribution in [0.5, 0.6) is 0 Å². The number of aromatic nitrogens is 2. The van der Waals surface area contributed by atoms with E-state index in [0.29, 0.717) is 0 Å². The Balaban J connectivity index is 1.28. The number of furan rings is 1. The van der Waals surface area contributed by atoms with E-state index >= 15 is 0 Å². The molecular formula is C38H36N2O+2. The van der Waals surface area contributed by atoms with E-state index in [1.807, 2.05) is 0 Å². The molecule has 0 N–H and O–H groups in total. The molecule has 3 heteroatoms. The van der Waals surface area contributed by atoms with E-state index in [4.69, 9.17) is 4.42 Å². The van der Waals surface area contributed by atoms with Gasteiger partial charge in [0.1, 0.15) is 12.6 Å². The maximum absolute atomic E-state index is 6.53. The molecule has 2 aliphatic rings. The van der Waals surface area contributed by atoms with Gasteiger partial charge in [0.25, 0.3) is 5.69 Å². The SMILES string of the molecule is CCC1(CCc2ccccc2-c2c3oc4ccccc4c3cc[n+]2C)c2ccccc2-c2cccc3[n+]2C1(C)CC3. The summed E-state index contributed by atoms with van der Waals surface area (Å²) in [7, 11) is 2.14. The molecule has 8 rings (SSSR count). The molecular weight excluding hydrogens is 500 g/mol. The standard InChI is InChI=1S/C38H36N2O/c1-4-38(32-17-9-7-16-31(32)33-18-11-13-27-21-23-37(38,2)40(27)33)24-20-26-12-5-6-14-28(26)35-36-30(22-25-39(35)3)29-15-8-10-19-34(29)41-36/h5-19,22,25H,4,20-21,23-24H2,1-3H3/q+2. The topological polar surface area (TPSA) is 20.9 Å². The first-order valence-corrected chi connectivity index (χ1v) is 15.1. The van der Waals surface area contributed by atoms with Gasteiger partial charge in [-0.15, -0.1) is 0 Å². The Kier molecular flexibility index (Phi) is 5.32. The lowest BCUT2D eigenvalue weighted by Crippen LogP contribution is -2.67. The van der Waals surface area contributed by atoms with E-state index in [9.17, 15) is 0 Å². The van der Waals surface area contributed by atoms with Crippen LogP contribution < -0.4 is 9.13 Å². The number of hydrogen-bond acceptors (Lipinski definition) is 1. The van der Waals surface area contributed by atoms with E-state index in [1.54, 1.807) is 0 Å². The van der Waals surface area contributed by atoms with Gasteiger partial charge in [-0.3, -0.25) is 0 Å². The van der Waals surface area contributed by atoms with Gasteiger partial charge in [0.05, 0.1) is 16.5 Å². The molecule has 0 saturated carbocycles. The van der Waals surface area contributed by atoms with Crippen molar-refractivity contribution in [3.8, 4) is 22.5 Å². The summed E-state index contributed by atoms with van der Waals surface area (Å²) in [6, 6.07) is 35.7. The van der Waals surface area contributed by atoms with Crippen LogP contribution >= 0.6 is 0 Å². The van der Waals surface area contributed by atoms with Crippen molar-refractivity contribution in [1.82, 2.24) is 0 Å². The lowest BCUT2D eigenvalue weighted by molar-refractivity contribution is -0.758. The van der Waals surface area contributed by atoms with E-state index in [2.05, 4.69) is 133 Å². The minimum absolute atomic E-state index is 0.0362. The Labute approximate surface area is 241 Å². The molecule has 41 heavy (non-hydrogen) atoms. The highest BCUT2D eigenvalue weighted by Crippen LogP contribution is 2.54. The van der Waals surface area contributed by atoms with Gasteiger partial charge in [0.15, 0.2) is 17.4 Å². The van der Waals surface area contributed by atoms with Gasteiger partial charge in [0, 0.05) is 48.7 Å². The lowest BCUT2D eigenvalue weighted by Gasteiger charge is -2.47. The van der Waals surface area contributed by atoms with Gasteiger partial charge < -0.3 is 4.42 Å². The number of hydrogen-bond donors (Lipinski definition) is 0. The van der Waals surface area contributed by atoms with Gasteiger partial charge in [-0.2, -0.15) is 9.13 Å². The predicted molar refractivity (Wildman–Crippen MR) is 165 cm³/mol. The number of para-hydroxylation sites is 1. The Morgan fingerprint density at radius 3 is 2.46 bits per heavy atom. The first-order valence-electron chi connectivity index (χ1n) is 15.1. The minimum Gasteiger partial charge on any atom is -0.449 e. The minimum atomic E-state index is 0.0362. The molecule has 0 spiro atoms. The number of nitrogens with zero attached hydrogens (tertiary/aromatic N) is 2. The van der Waals surface area contributed by atoms with Crippen LogP contribution in [0.1, 0.15) is 49.9 Å². The number of fused-ring (bicyclic) bond motifs is 5. The van der Waals surface area contributed by atoms with Crippen LogP contribution in [0.2, 0.25) is 0 Å². The second-order valence-corrected chi connectivity index (χ2v) is 12.3. The molecule has 2 aliphatic heterocycles. The summed E-state index contributed by atoms with van der Waals surface area (Å²) < 4.78 is 11.5. The molecule has 0 radical (unpaired) electrons. The highest BCUT2D eigenvalue weighted by molar-refractivity contribution is 6.08. The number of aryl methyl sites for hydroxylation is 3. The van der Waals surface area contributed by atoms with Crippen molar-refractivity contribution in [1.29, 1.82) is 0 Å². The fourth-order valence-corrected chi connectivity index (χ4v) is 8.50. The molecule has 202 valence electrons. The Morgan fingerprint density at radius 2 is 1.59 bits per heavy atom. The Bertz CT molecular complexity index is 1980. The maximum atomic E-state index is 6.53. The molecule has 0 aliphatic carbocycles. The molecule has 0 bridgehead atoms. The second-order valence-electron chi connectivity index (χ2n) is 12.3. The van der Waals surface area contributed by atoms with Crippen LogP contribution in [0.15, 0.2) is 108 Å². The van der Waals surface area contributed by atoms with Gasteiger partial charge in [0.2, 0.25) is 11.3 Å². The van der Waals surface area contributed by atoms with Crippen molar-refractivity contribution < 1.29 is 13.6 Å². The van der Waals surface area contributed by atoms with Crippen molar-refractivity contribution in [2.24, 2.45) is 7.05 Å². The molecule has 0 amide bonds. The van der Waals surface area contributed by atoms with Gasteiger partial charge >= 0.3 is 0 Å². The normalized spacial score (nSPS) is 20.9. The largest absolute Gasteiger partial charge is 0.449 e. The summed E-state index contributed by atoms with van der Waals surface area (Å²) in [5, 5.41) is 2.35. The molecule has 3 aromatic heterocycles. The van der Waals surface area contributed by atoms with Crippen LogP contribution in [-0.2, 0) is 30.8 Å². The molecule has 5 heterocycles. The smallest absolute Gasteiger partial charge is 0.256 e. The molecule has 3 nitrogen and oxygen atoms in total. The zero-order valence-electron chi connectivity index (χ0n) is 24.2. The first-order chi connectivity index (χ1) is 20.1. The molecule has 3 aromatic carbocycles. The van der Waals surface area contributed by atoms with Crippen molar-refractivity contribution >= 4 is 21.9 Å². The Morgan fingerprint density at radius 1 is 0.805 bits per heavy atom. The fraction of sp³-hybridized carbons (Fsp3) is 0.263. The van der Waals surface area contributed by atoms with Gasteiger partial charge in [-0.05, 0) is 54.7 Å². The van der Waals surface area contributed by atoms with Crippen molar-refractivity contribution in [3.63, 3.8) is 0 Å². The first kappa shape index (κ1) is 24.5. The average molecular weight is 537 g/mol. The predicted octanol–water partition coefficient (Wildman–Crippen LogP) is 7.99. The highest BCUT2D eigenvalue weighted by Gasteiger charge is 2.62. The summed E-state index contributed by atoms with van der Waals surface area (Å²) in [4.78, 5) is 0. The zero-order chi connectivity index (χ0) is 27.8. The van der Waals surface area contributed by atoms with Crippen molar-refractivity contribution in [2.75, 3.05) is 0 Å². The molecule has 0 saturated heterocycles. The molecule has 2 atom stereocenters. The summed E-state index contributed by atoms with van der Waals surface area (Å²) in [6.45, 7) is 4.95. The third kappa shape index (κ3) is 3.26. The van der Waals surface area contributed by atoms with Crippen molar-refractivity contribution in [2.45, 2.75) is 56.9 Å². The van der Waals surface area contributed by atoms with Crippen LogP contribution in [0.3, 0.4) is 0 Å². The zero-order valence-corrected chi connectivity index (χ0v) is 24.2.